The number of aromatic nitrogens is 2. The van der Waals surface area contributed by atoms with Crippen molar-refractivity contribution in [1.82, 2.24) is 14.9 Å². The number of carbonyl (C=O) groups excluding carboxylic acids is 1. The Morgan fingerprint density at radius 1 is 1.29 bits per heavy atom. The molecule has 1 heterocycles. The number of hydrogen-bond donors (Lipinski definition) is 2. The maximum Gasteiger partial charge on any atom is 0.326 e. The third kappa shape index (κ3) is 4.41. The topological polar surface area (TPSA) is 101 Å². The van der Waals surface area contributed by atoms with Crippen molar-refractivity contribution in [2.24, 2.45) is 5.92 Å². The zero-order valence-corrected chi connectivity index (χ0v) is 13.7. The maximum absolute atomic E-state index is 12.3. The number of nitrogens with zero attached hydrogens (tertiary/aromatic N) is 2. The van der Waals surface area contributed by atoms with E-state index >= 15 is 0 Å². The van der Waals surface area contributed by atoms with Gasteiger partial charge in [0.15, 0.2) is 0 Å². The smallest absolute Gasteiger partial charge is 0.326 e. The third-order valence-corrected chi connectivity index (χ3v) is 3.65. The fourth-order valence-corrected chi connectivity index (χ4v) is 2.45. The molecule has 0 saturated carbocycles. The van der Waals surface area contributed by atoms with Gasteiger partial charge in [-0.1, -0.05) is 26.0 Å². The molecule has 1 amide bonds. The second-order valence-corrected chi connectivity index (χ2v) is 6.10. The Bertz CT molecular complexity index is 798. The largest absolute Gasteiger partial charge is 0.480 e. The van der Waals surface area contributed by atoms with E-state index in [0.29, 0.717) is 17.3 Å². The van der Waals surface area contributed by atoms with Crippen molar-refractivity contribution in [2.75, 3.05) is 0 Å². The van der Waals surface area contributed by atoms with Crippen molar-refractivity contribution >= 4 is 22.8 Å². The molecule has 0 spiro atoms. The maximum atomic E-state index is 12.3. The minimum Gasteiger partial charge on any atom is -0.480 e. The van der Waals surface area contributed by atoms with Crippen LogP contribution in [-0.4, -0.2) is 32.6 Å². The van der Waals surface area contributed by atoms with E-state index in [4.69, 9.17) is 5.11 Å². The summed E-state index contributed by atoms with van der Waals surface area (Å²) in [6.07, 6.45) is 1.78. The number of fused-ring (bicyclic) bond motifs is 1. The highest BCUT2D eigenvalue weighted by Gasteiger charge is 2.20. The van der Waals surface area contributed by atoms with Crippen molar-refractivity contribution in [3.8, 4) is 0 Å². The number of rotatable bonds is 7. The van der Waals surface area contributed by atoms with Crippen molar-refractivity contribution in [2.45, 2.75) is 39.3 Å². The van der Waals surface area contributed by atoms with Gasteiger partial charge in [0.05, 0.1) is 17.2 Å². The van der Waals surface area contributed by atoms with Gasteiger partial charge in [-0.25, -0.2) is 9.78 Å². The molecule has 0 aliphatic rings. The predicted octanol–water partition coefficient (Wildman–Crippen LogP) is 1.40. The van der Waals surface area contributed by atoms with Crippen LogP contribution >= 0.6 is 0 Å². The van der Waals surface area contributed by atoms with Gasteiger partial charge in [-0.15, -0.1) is 0 Å². The normalized spacial score (nSPS) is 12.3. The molecule has 2 rings (SSSR count). The minimum atomic E-state index is -1.05. The van der Waals surface area contributed by atoms with Crippen molar-refractivity contribution in [3.05, 3.63) is 40.9 Å². The Kier molecular flexibility index (Phi) is 5.68. The highest BCUT2D eigenvalue weighted by molar-refractivity contribution is 5.83. The zero-order valence-electron chi connectivity index (χ0n) is 13.7. The molecule has 1 atom stereocenters. The van der Waals surface area contributed by atoms with Crippen LogP contribution in [0.5, 0.6) is 0 Å². The van der Waals surface area contributed by atoms with E-state index in [1.807, 2.05) is 13.8 Å². The quantitative estimate of drug-likeness (QED) is 0.798. The molecule has 1 aromatic heterocycles. The SMILES string of the molecule is CC(C)C[C@H](NC(=O)CCn1cnc2ccccc2c1=O)C(=O)O. The predicted molar refractivity (Wildman–Crippen MR) is 89.6 cm³/mol. The standard InChI is InChI=1S/C17H21N3O4/c1-11(2)9-14(17(23)24)19-15(21)7-8-20-10-18-13-6-4-3-5-12(13)16(20)22/h3-6,10-11,14H,7-9H2,1-2H3,(H,19,21)(H,23,24)/t14-/m0/s1. The number of aliphatic carboxylic acids is 1. The molecular weight excluding hydrogens is 310 g/mol. The lowest BCUT2D eigenvalue weighted by Crippen LogP contribution is -2.42. The summed E-state index contributed by atoms with van der Waals surface area (Å²) in [5.74, 6) is -1.30. The summed E-state index contributed by atoms with van der Waals surface area (Å²) in [7, 11) is 0. The van der Waals surface area contributed by atoms with Crippen LogP contribution in [0.25, 0.3) is 10.9 Å². The Hall–Kier alpha value is -2.70. The van der Waals surface area contributed by atoms with Crippen molar-refractivity contribution in [1.29, 1.82) is 0 Å². The highest BCUT2D eigenvalue weighted by atomic mass is 16.4. The lowest BCUT2D eigenvalue weighted by atomic mass is 10.0. The number of carboxylic acid groups (broad SMARTS) is 1. The number of para-hydroxylation sites is 1. The summed E-state index contributed by atoms with van der Waals surface area (Å²) < 4.78 is 1.36. The summed E-state index contributed by atoms with van der Waals surface area (Å²) in [5, 5.41) is 12.1. The Morgan fingerprint density at radius 2 is 2.00 bits per heavy atom. The van der Waals surface area contributed by atoms with Crippen LogP contribution in [0.1, 0.15) is 26.7 Å². The van der Waals surface area contributed by atoms with Crippen LogP contribution < -0.4 is 10.9 Å². The summed E-state index contributed by atoms with van der Waals surface area (Å²) >= 11 is 0. The number of amides is 1. The van der Waals surface area contributed by atoms with E-state index < -0.39 is 17.9 Å². The first-order valence-electron chi connectivity index (χ1n) is 7.85. The first kappa shape index (κ1) is 17.7. The molecule has 128 valence electrons. The molecule has 2 N–H and O–H groups in total. The minimum absolute atomic E-state index is 0.0157. The van der Waals surface area contributed by atoms with Gasteiger partial charge in [-0.05, 0) is 24.5 Å². The highest BCUT2D eigenvalue weighted by Crippen LogP contribution is 2.06. The Balaban J connectivity index is 2.02. The van der Waals surface area contributed by atoms with Gasteiger partial charge in [0.2, 0.25) is 5.91 Å². The number of nitrogens with one attached hydrogen (secondary N) is 1. The fourth-order valence-electron chi connectivity index (χ4n) is 2.45. The lowest BCUT2D eigenvalue weighted by Gasteiger charge is -2.16. The Morgan fingerprint density at radius 3 is 2.67 bits per heavy atom. The second-order valence-electron chi connectivity index (χ2n) is 6.10. The van der Waals surface area contributed by atoms with E-state index in [9.17, 15) is 14.4 Å². The molecule has 0 aliphatic heterocycles. The van der Waals surface area contributed by atoms with E-state index in [2.05, 4.69) is 10.3 Å². The molecule has 0 saturated heterocycles. The molecule has 0 radical (unpaired) electrons. The van der Waals surface area contributed by atoms with Crippen molar-refractivity contribution < 1.29 is 14.7 Å². The van der Waals surface area contributed by atoms with Gasteiger partial charge in [0.1, 0.15) is 6.04 Å². The molecule has 7 nitrogen and oxygen atoms in total. The van der Waals surface area contributed by atoms with E-state index in [-0.39, 0.29) is 24.4 Å². The summed E-state index contributed by atoms with van der Waals surface area (Å²) in [4.78, 5) is 39.6. The van der Waals surface area contributed by atoms with E-state index in [1.54, 1.807) is 24.3 Å². The summed E-state index contributed by atoms with van der Waals surface area (Å²) in [5.41, 5.74) is 0.386. The lowest BCUT2D eigenvalue weighted by molar-refractivity contribution is -0.142. The number of carbonyl (C=O) groups is 2. The number of aryl methyl sites for hydroxylation is 1. The monoisotopic (exact) mass is 331 g/mol. The molecule has 0 unspecified atom stereocenters. The van der Waals surface area contributed by atoms with Gasteiger partial charge < -0.3 is 10.4 Å². The van der Waals surface area contributed by atoms with E-state index in [0.717, 1.165) is 0 Å². The summed E-state index contributed by atoms with van der Waals surface area (Å²) in [6.45, 7) is 3.93. The average molecular weight is 331 g/mol. The van der Waals surface area contributed by atoms with Crippen LogP contribution in [-0.2, 0) is 16.1 Å². The van der Waals surface area contributed by atoms with Gasteiger partial charge in [-0.2, -0.15) is 0 Å². The average Bonchev–Trinajstić information content (AvgIpc) is 2.53. The van der Waals surface area contributed by atoms with Gasteiger partial charge in [-0.3, -0.25) is 14.2 Å². The van der Waals surface area contributed by atoms with Crippen LogP contribution in [0.4, 0.5) is 0 Å². The zero-order chi connectivity index (χ0) is 17.7. The van der Waals surface area contributed by atoms with Gasteiger partial charge in [0, 0.05) is 13.0 Å². The van der Waals surface area contributed by atoms with Crippen molar-refractivity contribution in [3.63, 3.8) is 0 Å². The first-order chi connectivity index (χ1) is 11.4. The number of carboxylic acids is 1. The van der Waals surface area contributed by atoms with Crippen LogP contribution in [0, 0.1) is 5.92 Å². The number of hydrogen-bond acceptors (Lipinski definition) is 4. The molecule has 7 heteroatoms. The van der Waals surface area contributed by atoms with Crippen LogP contribution in [0.3, 0.4) is 0 Å². The Labute approximate surface area is 139 Å². The third-order valence-electron chi connectivity index (χ3n) is 3.65. The second kappa shape index (κ2) is 7.72. The molecular formula is C17H21N3O4. The van der Waals surface area contributed by atoms with Gasteiger partial charge in [0.25, 0.3) is 5.56 Å². The fraction of sp³-hybridized carbons (Fsp3) is 0.412. The first-order valence-corrected chi connectivity index (χ1v) is 7.85. The molecule has 0 fully saturated rings. The molecule has 0 aliphatic carbocycles. The molecule has 0 bridgehead atoms. The van der Waals surface area contributed by atoms with Gasteiger partial charge >= 0.3 is 5.97 Å². The molecule has 2 aromatic rings. The van der Waals surface area contributed by atoms with Crippen LogP contribution in [0.15, 0.2) is 35.4 Å². The van der Waals surface area contributed by atoms with Crippen LogP contribution in [0.2, 0.25) is 0 Å². The summed E-state index contributed by atoms with van der Waals surface area (Å²) in [6, 6.07) is 6.07. The molecule has 24 heavy (non-hydrogen) atoms. The molecule has 1 aromatic carbocycles. The van der Waals surface area contributed by atoms with E-state index in [1.165, 1.54) is 10.9 Å². The number of benzene rings is 1.